The Balaban J connectivity index is 2.35. The summed E-state index contributed by atoms with van der Waals surface area (Å²) in [4.78, 5) is 13.0. The monoisotopic (exact) mass is 448 g/mol. The van der Waals surface area contributed by atoms with Crippen LogP contribution in [0.4, 0.5) is 0 Å². The molecule has 4 nitrogen and oxygen atoms in total. The van der Waals surface area contributed by atoms with Crippen LogP contribution < -0.4 is 4.74 Å². The molecule has 32 heavy (non-hydrogen) atoms. The fraction of sp³-hybridized carbons (Fsp3) is 0.750. The third-order valence-corrected chi connectivity index (χ3v) is 6.02. The molecule has 0 heterocycles. The minimum atomic E-state index is -0.833. The molecule has 0 aliphatic heterocycles. The quantitative estimate of drug-likeness (QED) is 0.219. The van der Waals surface area contributed by atoms with E-state index >= 15 is 0 Å². The Morgan fingerprint density at radius 3 is 1.94 bits per heavy atom. The van der Waals surface area contributed by atoms with Crippen LogP contribution in [0.5, 0.6) is 5.75 Å². The van der Waals surface area contributed by atoms with Crippen LogP contribution in [0, 0.1) is 5.92 Å². The van der Waals surface area contributed by atoms with Gasteiger partial charge in [-0.05, 0) is 44.4 Å². The summed E-state index contributed by atoms with van der Waals surface area (Å²) in [6.07, 6.45) is 16.0. The largest absolute Gasteiger partial charge is 0.491 e. The van der Waals surface area contributed by atoms with Crippen molar-refractivity contribution in [3.05, 3.63) is 29.8 Å². The van der Waals surface area contributed by atoms with E-state index < -0.39 is 5.60 Å². The molecule has 2 N–H and O–H groups in total. The molecule has 0 saturated carbocycles. The Hall–Kier alpha value is -1.39. The van der Waals surface area contributed by atoms with E-state index in [4.69, 9.17) is 9.84 Å². The lowest BCUT2D eigenvalue weighted by Gasteiger charge is -2.24. The lowest BCUT2D eigenvalue weighted by atomic mass is 9.84. The topological polar surface area (TPSA) is 66.8 Å². The maximum absolute atomic E-state index is 13.0. The number of carbonyl (C=O) groups is 1. The number of aliphatic hydroxyl groups excluding tert-OH is 1. The second kappa shape index (κ2) is 17.1. The molecule has 0 aliphatic carbocycles. The molecule has 1 atom stereocenters. The van der Waals surface area contributed by atoms with Crippen molar-refractivity contribution in [1.29, 1.82) is 0 Å². The summed E-state index contributed by atoms with van der Waals surface area (Å²) in [5.74, 6) is 0.811. The van der Waals surface area contributed by atoms with Gasteiger partial charge < -0.3 is 14.9 Å². The van der Waals surface area contributed by atoms with Crippen molar-refractivity contribution in [3.63, 3.8) is 0 Å². The lowest BCUT2D eigenvalue weighted by molar-refractivity contribution is -0.124. The van der Waals surface area contributed by atoms with Gasteiger partial charge in [-0.1, -0.05) is 89.7 Å². The van der Waals surface area contributed by atoms with Gasteiger partial charge in [0.25, 0.3) is 0 Å². The zero-order valence-electron chi connectivity index (χ0n) is 20.9. The molecule has 184 valence electrons. The van der Waals surface area contributed by atoms with Gasteiger partial charge in [0.15, 0.2) is 0 Å². The first-order valence-electron chi connectivity index (χ1n) is 12.9. The highest BCUT2D eigenvalue weighted by molar-refractivity contribution is 5.83. The molecule has 1 aromatic rings. The normalized spacial score (nSPS) is 12.7. The number of ketones is 1. The van der Waals surface area contributed by atoms with Crippen LogP contribution in [0.1, 0.15) is 110 Å². The van der Waals surface area contributed by atoms with Crippen molar-refractivity contribution < 1.29 is 19.7 Å². The van der Waals surface area contributed by atoms with Crippen molar-refractivity contribution >= 4 is 5.78 Å². The highest BCUT2D eigenvalue weighted by atomic mass is 16.5. The molecule has 0 spiro atoms. The highest BCUT2D eigenvalue weighted by Gasteiger charge is 2.25. The zero-order chi connectivity index (χ0) is 23.7. The van der Waals surface area contributed by atoms with Gasteiger partial charge in [0, 0.05) is 12.3 Å². The summed E-state index contributed by atoms with van der Waals surface area (Å²) >= 11 is 0. The van der Waals surface area contributed by atoms with Gasteiger partial charge in [-0.15, -0.1) is 0 Å². The van der Waals surface area contributed by atoms with Crippen LogP contribution >= 0.6 is 0 Å². The number of unbranched alkanes of at least 4 members (excludes halogenated alkanes) is 10. The molecule has 0 saturated heterocycles. The second-order valence-corrected chi connectivity index (χ2v) is 9.90. The first-order chi connectivity index (χ1) is 15.4. The maximum atomic E-state index is 13.0. The molecule has 1 rings (SSSR count). The number of ether oxygens (including phenoxy) is 1. The van der Waals surface area contributed by atoms with E-state index in [1.54, 1.807) is 13.8 Å². The van der Waals surface area contributed by atoms with Crippen LogP contribution in [0.15, 0.2) is 24.3 Å². The van der Waals surface area contributed by atoms with Crippen molar-refractivity contribution in [2.24, 2.45) is 5.92 Å². The standard InChI is InChI=1S/C28H48O4/c1-4-5-6-7-8-9-10-11-12-13-14-15-25(23-28(2,3)31)27(30)22-24-16-18-26(19-17-24)32-21-20-29/h16-19,25,29,31H,4-15,20-23H2,1-3H3. The average molecular weight is 449 g/mol. The zero-order valence-corrected chi connectivity index (χ0v) is 20.9. The van der Waals surface area contributed by atoms with Crippen molar-refractivity contribution in [2.45, 2.75) is 116 Å². The fourth-order valence-electron chi connectivity index (χ4n) is 4.25. The number of aliphatic hydroxyl groups is 2. The van der Waals surface area contributed by atoms with Crippen molar-refractivity contribution in [3.8, 4) is 5.75 Å². The summed E-state index contributed by atoms with van der Waals surface area (Å²) in [6.45, 7) is 6.10. The summed E-state index contributed by atoms with van der Waals surface area (Å²) in [7, 11) is 0. The molecule has 1 aromatic carbocycles. The van der Waals surface area contributed by atoms with E-state index in [2.05, 4.69) is 6.92 Å². The fourth-order valence-corrected chi connectivity index (χ4v) is 4.25. The van der Waals surface area contributed by atoms with E-state index in [1.807, 2.05) is 24.3 Å². The molecule has 0 aliphatic rings. The number of hydrogen-bond donors (Lipinski definition) is 2. The number of Topliss-reactive ketones (excluding diaryl/α,β-unsaturated/α-hetero) is 1. The summed E-state index contributed by atoms with van der Waals surface area (Å²) < 4.78 is 5.38. The highest BCUT2D eigenvalue weighted by Crippen LogP contribution is 2.25. The molecule has 0 aromatic heterocycles. The van der Waals surface area contributed by atoms with Gasteiger partial charge in [0.05, 0.1) is 12.2 Å². The molecule has 0 amide bonds. The van der Waals surface area contributed by atoms with E-state index in [-0.39, 0.29) is 24.9 Å². The molecule has 0 bridgehead atoms. The van der Waals surface area contributed by atoms with E-state index in [0.29, 0.717) is 18.6 Å². The van der Waals surface area contributed by atoms with Crippen LogP contribution in [-0.4, -0.2) is 34.8 Å². The van der Waals surface area contributed by atoms with Crippen molar-refractivity contribution in [2.75, 3.05) is 13.2 Å². The molecule has 0 radical (unpaired) electrons. The Kier molecular flexibility index (Phi) is 15.3. The van der Waals surface area contributed by atoms with Gasteiger partial charge in [0.1, 0.15) is 18.1 Å². The van der Waals surface area contributed by atoms with Gasteiger partial charge >= 0.3 is 0 Å². The van der Waals surface area contributed by atoms with E-state index in [0.717, 1.165) is 18.4 Å². The number of hydrogen-bond acceptors (Lipinski definition) is 4. The van der Waals surface area contributed by atoms with Crippen molar-refractivity contribution in [1.82, 2.24) is 0 Å². The predicted octanol–water partition coefficient (Wildman–Crippen LogP) is 6.65. The first kappa shape index (κ1) is 28.6. The maximum Gasteiger partial charge on any atom is 0.140 e. The smallest absolute Gasteiger partial charge is 0.140 e. The minimum absolute atomic E-state index is 0.0160. The Bertz CT molecular complexity index is 588. The van der Waals surface area contributed by atoms with E-state index in [9.17, 15) is 9.90 Å². The third kappa shape index (κ3) is 14.6. The van der Waals surface area contributed by atoms with E-state index in [1.165, 1.54) is 64.2 Å². The number of benzene rings is 1. The number of rotatable bonds is 20. The van der Waals surface area contributed by atoms with Gasteiger partial charge in [0.2, 0.25) is 0 Å². The summed E-state index contributed by atoms with van der Waals surface area (Å²) in [6, 6.07) is 7.50. The van der Waals surface area contributed by atoms with Crippen LogP contribution in [0.25, 0.3) is 0 Å². The Morgan fingerprint density at radius 1 is 0.906 bits per heavy atom. The third-order valence-electron chi connectivity index (χ3n) is 6.02. The Labute approximate surface area is 196 Å². The van der Waals surface area contributed by atoms with Crippen LogP contribution in [0.2, 0.25) is 0 Å². The molecule has 4 heteroatoms. The molecular weight excluding hydrogens is 400 g/mol. The lowest BCUT2D eigenvalue weighted by Crippen LogP contribution is -2.28. The van der Waals surface area contributed by atoms with Gasteiger partial charge in [-0.25, -0.2) is 0 Å². The van der Waals surface area contributed by atoms with Crippen LogP contribution in [-0.2, 0) is 11.2 Å². The summed E-state index contributed by atoms with van der Waals surface area (Å²) in [5.41, 5.74) is 0.131. The van der Waals surface area contributed by atoms with Gasteiger partial charge in [-0.2, -0.15) is 0 Å². The SMILES string of the molecule is CCCCCCCCCCCCCC(CC(C)(C)O)C(=O)Cc1ccc(OCCO)cc1. The molecule has 1 unspecified atom stereocenters. The number of carbonyl (C=O) groups excluding carboxylic acids is 1. The summed E-state index contributed by atoms with van der Waals surface area (Å²) in [5, 5.41) is 19.2. The molecule has 0 fully saturated rings. The first-order valence-corrected chi connectivity index (χ1v) is 12.9. The van der Waals surface area contributed by atoms with Gasteiger partial charge in [-0.3, -0.25) is 4.79 Å². The minimum Gasteiger partial charge on any atom is -0.491 e. The second-order valence-electron chi connectivity index (χ2n) is 9.90. The molecular formula is C28H48O4. The Morgan fingerprint density at radius 2 is 1.44 bits per heavy atom. The average Bonchev–Trinajstić information content (AvgIpc) is 2.75. The predicted molar refractivity (Wildman–Crippen MR) is 133 cm³/mol. The van der Waals surface area contributed by atoms with Crippen LogP contribution in [0.3, 0.4) is 0 Å².